The van der Waals surface area contributed by atoms with Crippen molar-refractivity contribution in [1.82, 2.24) is 9.97 Å². The van der Waals surface area contributed by atoms with Crippen LogP contribution in [0.3, 0.4) is 0 Å². The zero-order valence-corrected chi connectivity index (χ0v) is 8.36. The molecule has 1 aliphatic rings. The van der Waals surface area contributed by atoms with Gasteiger partial charge in [0, 0.05) is 7.05 Å². The summed E-state index contributed by atoms with van der Waals surface area (Å²) < 4.78 is 5.97. The number of rotatable bonds is 0. The summed E-state index contributed by atoms with van der Waals surface area (Å²) in [6.45, 7) is 0. The van der Waals surface area contributed by atoms with Gasteiger partial charge in [-0.15, -0.1) is 0 Å². The maximum Gasteiger partial charge on any atom is 0.280 e. The second kappa shape index (κ2) is 2.51. The van der Waals surface area contributed by atoms with Crippen molar-refractivity contribution < 1.29 is 0 Å². The number of nitrogens with two attached hydrogens (primary N) is 1. The second-order valence-electron chi connectivity index (χ2n) is 2.26. The van der Waals surface area contributed by atoms with Crippen LogP contribution in [0.1, 0.15) is 0 Å². The van der Waals surface area contributed by atoms with Crippen molar-refractivity contribution >= 4 is 38.8 Å². The summed E-state index contributed by atoms with van der Waals surface area (Å²) in [7, 11) is 1.86. The van der Waals surface area contributed by atoms with E-state index in [-0.39, 0.29) is 11.5 Å². The monoisotopic (exact) mass is 279 g/mol. The SMILES string of the molecule is CN1I=Nc2c1nc(N)[nH]c2=O. The lowest BCUT2D eigenvalue weighted by Crippen LogP contribution is -2.13. The molecule has 0 unspecified atom stereocenters. The van der Waals surface area contributed by atoms with E-state index < -0.39 is 21.3 Å². The highest BCUT2D eigenvalue weighted by molar-refractivity contribution is 14.2. The molecule has 0 bridgehead atoms. The van der Waals surface area contributed by atoms with Gasteiger partial charge in [-0.25, -0.2) is 0 Å². The smallest absolute Gasteiger partial charge is 0.280 e. The number of aromatic amines is 1. The molecule has 3 N–H and O–H groups in total. The van der Waals surface area contributed by atoms with Crippen LogP contribution in [0, 0.1) is 0 Å². The lowest BCUT2D eigenvalue weighted by Gasteiger charge is -2.04. The van der Waals surface area contributed by atoms with E-state index in [0.29, 0.717) is 11.5 Å². The minimum absolute atomic E-state index is 0.145. The third kappa shape index (κ3) is 1.00. The Labute approximate surface area is 78.3 Å². The van der Waals surface area contributed by atoms with Crippen LogP contribution >= 0.6 is 21.3 Å². The summed E-state index contributed by atoms with van der Waals surface area (Å²) in [6.07, 6.45) is 0. The van der Waals surface area contributed by atoms with Crippen LogP contribution in [0.4, 0.5) is 17.5 Å². The highest BCUT2D eigenvalue weighted by Gasteiger charge is 2.18. The van der Waals surface area contributed by atoms with E-state index in [4.69, 9.17) is 5.73 Å². The topological polar surface area (TPSA) is 87.4 Å². The van der Waals surface area contributed by atoms with Gasteiger partial charge in [0.1, 0.15) is 21.3 Å². The average Bonchev–Trinajstić information content (AvgIpc) is 2.33. The van der Waals surface area contributed by atoms with Crippen molar-refractivity contribution in [3.8, 4) is 0 Å². The molecule has 0 aliphatic carbocycles. The quantitative estimate of drug-likeness (QED) is 0.535. The van der Waals surface area contributed by atoms with E-state index in [1.54, 1.807) is 0 Å². The maximum absolute atomic E-state index is 11.2. The maximum atomic E-state index is 11.2. The van der Waals surface area contributed by atoms with E-state index in [9.17, 15) is 4.79 Å². The minimum atomic E-state index is -0.460. The largest absolute Gasteiger partial charge is 0.369 e. The van der Waals surface area contributed by atoms with Gasteiger partial charge >= 0.3 is 0 Å². The van der Waals surface area contributed by atoms with Crippen LogP contribution in [0.2, 0.25) is 0 Å². The molecule has 2 rings (SSSR count). The van der Waals surface area contributed by atoms with Crippen LogP contribution in [-0.4, -0.2) is 17.0 Å². The van der Waals surface area contributed by atoms with Crippen molar-refractivity contribution in [2.24, 2.45) is 3.15 Å². The lowest BCUT2D eigenvalue weighted by atomic mass is 10.5. The molecule has 0 atom stereocenters. The Kier molecular flexibility index (Phi) is 1.60. The third-order valence-electron chi connectivity index (χ3n) is 1.42. The molecule has 0 spiro atoms. The van der Waals surface area contributed by atoms with Gasteiger partial charge in [0.05, 0.1) is 0 Å². The fourth-order valence-electron chi connectivity index (χ4n) is 0.893. The molecule has 12 heavy (non-hydrogen) atoms. The molecule has 0 amide bonds. The fraction of sp³-hybridized carbons (Fsp3) is 0.200. The Bertz CT molecular complexity index is 411. The van der Waals surface area contributed by atoms with Crippen molar-refractivity contribution in [2.75, 3.05) is 15.9 Å². The first-order chi connectivity index (χ1) is 5.68. The van der Waals surface area contributed by atoms with Gasteiger partial charge in [-0.3, -0.25) is 12.9 Å². The van der Waals surface area contributed by atoms with Gasteiger partial charge in [-0.2, -0.15) is 8.13 Å². The Morgan fingerprint density at radius 2 is 2.42 bits per heavy atom. The van der Waals surface area contributed by atoms with Crippen LogP contribution in [0.25, 0.3) is 0 Å². The molecule has 0 saturated heterocycles. The summed E-state index contributed by atoms with van der Waals surface area (Å²) in [6, 6.07) is 0. The molecule has 0 saturated carbocycles. The highest BCUT2D eigenvalue weighted by atomic mass is 127. The van der Waals surface area contributed by atoms with Crippen molar-refractivity contribution in [1.29, 1.82) is 0 Å². The lowest BCUT2D eigenvalue weighted by molar-refractivity contribution is 1.12. The Morgan fingerprint density at radius 1 is 1.67 bits per heavy atom. The predicted octanol–water partition coefficient (Wildman–Crippen LogP) is 0.503. The van der Waals surface area contributed by atoms with Crippen molar-refractivity contribution in [3.63, 3.8) is 0 Å². The fourth-order valence-corrected chi connectivity index (χ4v) is 2.41. The second-order valence-corrected chi connectivity index (χ2v) is 4.62. The van der Waals surface area contributed by atoms with E-state index in [2.05, 4.69) is 13.1 Å². The molecule has 1 aromatic heterocycles. The summed E-state index contributed by atoms with van der Waals surface area (Å²) in [5.41, 5.74) is 5.54. The number of halogens is 1. The van der Waals surface area contributed by atoms with Crippen LogP contribution in [-0.2, 0) is 0 Å². The summed E-state index contributed by atoms with van der Waals surface area (Å²) in [5, 5.41) is 0. The van der Waals surface area contributed by atoms with Gasteiger partial charge in [0.25, 0.3) is 5.56 Å². The molecule has 1 aliphatic heterocycles. The first-order valence-corrected chi connectivity index (χ1v) is 5.10. The van der Waals surface area contributed by atoms with Crippen molar-refractivity contribution in [2.45, 2.75) is 0 Å². The molecular weight excluding hydrogens is 273 g/mol. The molecule has 7 heteroatoms. The van der Waals surface area contributed by atoms with Crippen LogP contribution in [0.5, 0.6) is 0 Å². The number of fused-ring (bicyclic) bond motifs is 1. The van der Waals surface area contributed by atoms with E-state index in [0.717, 1.165) is 0 Å². The summed E-state index contributed by atoms with van der Waals surface area (Å²) in [5.74, 6) is 0.746. The Balaban J connectivity index is 2.75. The molecule has 1 aromatic rings. The highest BCUT2D eigenvalue weighted by Crippen LogP contribution is 2.36. The molecule has 64 valence electrons. The van der Waals surface area contributed by atoms with Gasteiger partial charge in [0.2, 0.25) is 5.95 Å². The number of H-pyrrole nitrogens is 1. The van der Waals surface area contributed by atoms with Crippen LogP contribution in [0.15, 0.2) is 7.94 Å². The number of hydrogen-bond donors (Lipinski definition) is 2. The third-order valence-corrected chi connectivity index (χ3v) is 3.22. The number of nitrogen functional groups attached to an aromatic ring is 1. The molecule has 0 radical (unpaired) electrons. The molecule has 2 heterocycles. The average molecular weight is 279 g/mol. The normalized spacial score (nSPS) is 14.2. The van der Waals surface area contributed by atoms with E-state index in [1.165, 1.54) is 0 Å². The zero-order valence-electron chi connectivity index (χ0n) is 6.21. The number of nitrogens with one attached hydrogen (secondary N) is 1. The van der Waals surface area contributed by atoms with Gasteiger partial charge < -0.3 is 5.73 Å². The van der Waals surface area contributed by atoms with Crippen LogP contribution < -0.4 is 14.4 Å². The van der Waals surface area contributed by atoms with E-state index >= 15 is 0 Å². The number of nitrogens with zero attached hydrogens (tertiary/aromatic N) is 3. The number of anilines is 2. The Morgan fingerprint density at radius 3 is 3.17 bits per heavy atom. The van der Waals surface area contributed by atoms with Gasteiger partial charge in [-0.1, -0.05) is 0 Å². The Hall–Kier alpha value is -0.990. The summed E-state index contributed by atoms with van der Waals surface area (Å²) >= 11 is -0.460. The first-order valence-electron chi connectivity index (χ1n) is 3.17. The number of aromatic nitrogens is 2. The van der Waals surface area contributed by atoms with Gasteiger partial charge in [0.15, 0.2) is 11.5 Å². The van der Waals surface area contributed by atoms with Gasteiger partial charge in [-0.05, 0) is 0 Å². The van der Waals surface area contributed by atoms with E-state index in [1.807, 2.05) is 10.2 Å². The number of hydrogen-bond acceptors (Lipinski definition) is 5. The summed E-state index contributed by atoms with van der Waals surface area (Å²) in [4.78, 5) is 17.6. The van der Waals surface area contributed by atoms with Crippen molar-refractivity contribution in [3.05, 3.63) is 10.4 Å². The molecule has 6 nitrogen and oxygen atoms in total. The molecule has 0 aromatic carbocycles. The zero-order chi connectivity index (χ0) is 8.72. The predicted molar refractivity (Wildman–Crippen MR) is 53.8 cm³/mol. The standard InChI is InChI=1S/C5H6IN5O/c1-11-3-2(10-6-11)4(12)9-5(7)8-3/h1H3,(H3,7,8,9,12). The molecular formula is C5H6IN5O. The minimum Gasteiger partial charge on any atom is -0.369 e. The first kappa shape index (κ1) is 7.65. The molecule has 0 fully saturated rings.